The number of fused-ring (bicyclic) bond motifs is 1. The van der Waals surface area contributed by atoms with Crippen molar-refractivity contribution in [2.45, 2.75) is 6.04 Å². The summed E-state index contributed by atoms with van der Waals surface area (Å²) in [5.74, 6) is -2.31. The number of hydrogen-bond acceptors (Lipinski definition) is 6. The number of aliphatic hydroxyl groups excluding tert-OH is 2. The lowest BCUT2D eigenvalue weighted by molar-refractivity contribution is 0.203. The zero-order chi connectivity index (χ0) is 23.7. The SMILES string of the molecule is O=c1ccc2c(-c3ccc(F)c(P)c3)nc(NC(CO)CO)nc2n1-c1ccc(F)cc1F. The number of halogens is 3. The smallest absolute Gasteiger partial charge is 0.256 e. The van der Waals surface area contributed by atoms with Crippen LogP contribution in [0.25, 0.3) is 28.0 Å². The van der Waals surface area contributed by atoms with Crippen molar-refractivity contribution in [2.75, 3.05) is 18.5 Å². The normalized spacial score (nSPS) is 11.4. The standard InChI is InChI=1S/C22H18F3N4O3P/c23-12-2-5-17(16(25)8-12)29-19(32)6-3-14-20(11-1-4-15(24)18(33)7-11)27-22(28-21(14)29)26-13(9-30)10-31/h1-8,13,30-31H,9-10,33H2,(H,26,27,28). The van der Waals surface area contributed by atoms with Gasteiger partial charge in [-0.2, -0.15) is 4.98 Å². The molecular formula is C22H18F3N4O3P. The van der Waals surface area contributed by atoms with E-state index >= 15 is 0 Å². The molecule has 2 heterocycles. The summed E-state index contributed by atoms with van der Waals surface area (Å²) in [5, 5.41) is 22.2. The Hall–Kier alpha value is -3.33. The summed E-state index contributed by atoms with van der Waals surface area (Å²) in [6.45, 7) is -0.874. The van der Waals surface area contributed by atoms with Gasteiger partial charge in [-0.25, -0.2) is 18.2 Å². The monoisotopic (exact) mass is 474 g/mol. The molecule has 11 heteroatoms. The number of pyridine rings is 1. The highest BCUT2D eigenvalue weighted by molar-refractivity contribution is 7.27. The third kappa shape index (κ3) is 4.45. The molecule has 0 bridgehead atoms. The fourth-order valence-corrected chi connectivity index (χ4v) is 3.59. The van der Waals surface area contributed by atoms with Crippen LogP contribution in [0.4, 0.5) is 19.1 Å². The topological polar surface area (TPSA) is 100 Å². The highest BCUT2D eigenvalue weighted by Crippen LogP contribution is 2.29. The molecule has 33 heavy (non-hydrogen) atoms. The molecule has 0 aliphatic heterocycles. The Morgan fingerprint density at radius 2 is 1.73 bits per heavy atom. The lowest BCUT2D eigenvalue weighted by Gasteiger charge is -2.17. The Morgan fingerprint density at radius 3 is 2.39 bits per heavy atom. The predicted molar refractivity (Wildman–Crippen MR) is 121 cm³/mol. The molecule has 2 aromatic heterocycles. The van der Waals surface area contributed by atoms with Gasteiger partial charge in [0.2, 0.25) is 5.95 Å². The first-order valence-electron chi connectivity index (χ1n) is 9.75. The van der Waals surface area contributed by atoms with Gasteiger partial charge in [0.1, 0.15) is 17.5 Å². The zero-order valence-electron chi connectivity index (χ0n) is 17.0. The average Bonchev–Trinajstić information content (AvgIpc) is 2.79. The number of nitrogens with zero attached hydrogens (tertiary/aromatic N) is 3. The number of benzene rings is 2. The number of anilines is 1. The number of rotatable bonds is 6. The number of aliphatic hydroxyl groups is 2. The van der Waals surface area contributed by atoms with Gasteiger partial charge in [0, 0.05) is 28.4 Å². The molecule has 4 aromatic rings. The number of nitrogens with one attached hydrogen (secondary N) is 1. The largest absolute Gasteiger partial charge is 0.394 e. The van der Waals surface area contributed by atoms with E-state index in [0.29, 0.717) is 17.0 Å². The van der Waals surface area contributed by atoms with Crippen LogP contribution in [0.5, 0.6) is 0 Å². The lowest BCUT2D eigenvalue weighted by Crippen LogP contribution is -2.29. The molecule has 1 unspecified atom stereocenters. The molecule has 0 radical (unpaired) electrons. The molecule has 0 fully saturated rings. The van der Waals surface area contributed by atoms with Crippen LogP contribution in [0.2, 0.25) is 0 Å². The molecule has 4 rings (SSSR count). The van der Waals surface area contributed by atoms with Crippen LogP contribution in [-0.4, -0.2) is 44.0 Å². The van der Waals surface area contributed by atoms with E-state index in [-0.39, 0.29) is 28.3 Å². The van der Waals surface area contributed by atoms with Crippen molar-refractivity contribution in [3.05, 3.63) is 76.3 Å². The van der Waals surface area contributed by atoms with E-state index in [1.165, 1.54) is 30.3 Å². The molecule has 0 spiro atoms. The summed E-state index contributed by atoms with van der Waals surface area (Å²) in [6, 6.07) is 8.87. The molecule has 2 aromatic carbocycles. The van der Waals surface area contributed by atoms with Gasteiger partial charge in [-0.15, -0.1) is 9.24 Å². The van der Waals surface area contributed by atoms with Gasteiger partial charge in [0.25, 0.3) is 5.56 Å². The maximum atomic E-state index is 14.6. The zero-order valence-corrected chi connectivity index (χ0v) is 18.1. The molecule has 7 nitrogen and oxygen atoms in total. The Balaban J connectivity index is 2.06. The summed E-state index contributed by atoms with van der Waals surface area (Å²) < 4.78 is 42.9. The Kier molecular flexibility index (Phi) is 6.42. The minimum Gasteiger partial charge on any atom is -0.394 e. The molecule has 170 valence electrons. The second kappa shape index (κ2) is 9.27. The van der Waals surface area contributed by atoms with Crippen LogP contribution in [-0.2, 0) is 0 Å². The fourth-order valence-electron chi connectivity index (χ4n) is 3.32. The van der Waals surface area contributed by atoms with E-state index in [4.69, 9.17) is 0 Å². The number of aromatic nitrogens is 3. The second-order valence-corrected chi connectivity index (χ2v) is 7.80. The van der Waals surface area contributed by atoms with Gasteiger partial charge in [-0.3, -0.25) is 9.36 Å². The molecule has 0 amide bonds. The van der Waals surface area contributed by atoms with E-state index in [2.05, 4.69) is 24.5 Å². The predicted octanol–water partition coefficient (Wildman–Crippen LogP) is 2.13. The van der Waals surface area contributed by atoms with Crippen LogP contribution in [0.3, 0.4) is 0 Å². The van der Waals surface area contributed by atoms with Crippen LogP contribution in [0.15, 0.2) is 53.3 Å². The van der Waals surface area contributed by atoms with Crippen LogP contribution >= 0.6 is 9.24 Å². The van der Waals surface area contributed by atoms with Crippen molar-refractivity contribution >= 4 is 31.5 Å². The van der Waals surface area contributed by atoms with Gasteiger partial charge >= 0.3 is 0 Å². The molecule has 3 N–H and O–H groups in total. The summed E-state index contributed by atoms with van der Waals surface area (Å²) in [4.78, 5) is 21.5. The third-order valence-electron chi connectivity index (χ3n) is 4.94. The fraction of sp³-hybridized carbons (Fsp3) is 0.136. The Bertz CT molecular complexity index is 1410. The quantitative estimate of drug-likeness (QED) is 0.371. The van der Waals surface area contributed by atoms with Gasteiger partial charge in [-0.05, 0) is 36.4 Å². The van der Waals surface area contributed by atoms with Gasteiger partial charge in [-0.1, -0.05) is 0 Å². The summed E-state index contributed by atoms with van der Waals surface area (Å²) >= 11 is 0. The van der Waals surface area contributed by atoms with Crippen molar-refractivity contribution in [1.29, 1.82) is 0 Å². The second-order valence-electron chi connectivity index (χ2n) is 7.18. The van der Waals surface area contributed by atoms with E-state index < -0.39 is 42.3 Å². The summed E-state index contributed by atoms with van der Waals surface area (Å²) in [7, 11) is 2.27. The Labute approximate surface area is 187 Å². The molecule has 0 aliphatic rings. The minimum atomic E-state index is -0.975. The van der Waals surface area contributed by atoms with Crippen LogP contribution < -0.4 is 16.2 Å². The first-order chi connectivity index (χ1) is 15.8. The first kappa shape index (κ1) is 22.8. The third-order valence-corrected chi connectivity index (χ3v) is 5.39. The molecular weight excluding hydrogens is 456 g/mol. The number of hydrogen-bond donors (Lipinski definition) is 3. The molecule has 0 saturated carbocycles. The first-order valence-corrected chi connectivity index (χ1v) is 10.3. The van der Waals surface area contributed by atoms with Crippen molar-refractivity contribution in [3.8, 4) is 16.9 Å². The average molecular weight is 474 g/mol. The summed E-state index contributed by atoms with van der Waals surface area (Å²) in [6.07, 6.45) is 0. The van der Waals surface area contributed by atoms with E-state index in [0.717, 1.165) is 16.7 Å². The van der Waals surface area contributed by atoms with Gasteiger partial charge < -0.3 is 15.5 Å². The van der Waals surface area contributed by atoms with Crippen molar-refractivity contribution in [1.82, 2.24) is 14.5 Å². The van der Waals surface area contributed by atoms with Crippen molar-refractivity contribution in [3.63, 3.8) is 0 Å². The van der Waals surface area contributed by atoms with E-state index in [1.54, 1.807) is 0 Å². The van der Waals surface area contributed by atoms with E-state index in [1.807, 2.05) is 0 Å². The van der Waals surface area contributed by atoms with Gasteiger partial charge in [0.15, 0.2) is 5.65 Å². The maximum absolute atomic E-state index is 14.6. The van der Waals surface area contributed by atoms with Crippen molar-refractivity contribution in [2.24, 2.45) is 0 Å². The highest BCUT2D eigenvalue weighted by atomic mass is 31.0. The maximum Gasteiger partial charge on any atom is 0.256 e. The van der Waals surface area contributed by atoms with Crippen LogP contribution in [0.1, 0.15) is 0 Å². The van der Waals surface area contributed by atoms with Crippen LogP contribution in [0, 0.1) is 17.5 Å². The van der Waals surface area contributed by atoms with E-state index in [9.17, 15) is 28.2 Å². The lowest BCUT2D eigenvalue weighted by atomic mass is 10.1. The van der Waals surface area contributed by atoms with Gasteiger partial charge in [0.05, 0.1) is 30.6 Å². The highest BCUT2D eigenvalue weighted by Gasteiger charge is 2.19. The Morgan fingerprint density at radius 1 is 0.970 bits per heavy atom. The van der Waals surface area contributed by atoms with Crippen molar-refractivity contribution < 1.29 is 23.4 Å². The summed E-state index contributed by atoms with van der Waals surface area (Å²) in [5.41, 5.74) is -0.0994. The minimum absolute atomic E-state index is 0.00947. The molecule has 0 aliphatic carbocycles. The molecule has 1 atom stereocenters. The molecule has 0 saturated heterocycles.